The van der Waals surface area contributed by atoms with E-state index < -0.39 is 0 Å². The molecule has 0 saturated heterocycles. The van der Waals surface area contributed by atoms with E-state index in [1.54, 1.807) is 0 Å². The van der Waals surface area contributed by atoms with Crippen molar-refractivity contribution in [1.82, 2.24) is 5.32 Å². The Hall–Kier alpha value is -1.03. The summed E-state index contributed by atoms with van der Waals surface area (Å²) in [5, 5.41) is 4.31. The van der Waals surface area contributed by atoms with Crippen molar-refractivity contribution < 1.29 is 4.74 Å². The van der Waals surface area contributed by atoms with Gasteiger partial charge in [-0.05, 0) is 42.3 Å². The van der Waals surface area contributed by atoms with Gasteiger partial charge in [0.2, 0.25) is 0 Å². The lowest BCUT2D eigenvalue weighted by Crippen LogP contribution is -2.32. The highest BCUT2D eigenvalue weighted by atomic mass is 79.9. The summed E-state index contributed by atoms with van der Waals surface area (Å²) in [6.45, 7) is 2.93. The van der Waals surface area contributed by atoms with E-state index in [2.05, 4.69) is 40.3 Å². The molecule has 2 nitrogen and oxygen atoms in total. The third kappa shape index (κ3) is 3.42. The first-order valence-corrected chi connectivity index (χ1v) is 8.23. The first-order valence-electron chi connectivity index (χ1n) is 7.06. The molecular formula is C17H17BrClNO. The van der Waals surface area contributed by atoms with Gasteiger partial charge in [-0.2, -0.15) is 0 Å². The number of ether oxygens (including phenoxy) is 1. The van der Waals surface area contributed by atoms with E-state index in [9.17, 15) is 0 Å². The SMILES string of the molecule is C[C@@H](NCC1Cc2cc(Br)ccc2O1)c1ccccc1Cl. The number of benzene rings is 2. The molecule has 1 aliphatic heterocycles. The third-order valence-corrected chi connectivity index (χ3v) is 4.62. The fourth-order valence-corrected chi connectivity index (χ4v) is 3.36. The van der Waals surface area contributed by atoms with Gasteiger partial charge in [0, 0.05) is 28.5 Å². The zero-order valence-electron chi connectivity index (χ0n) is 11.8. The van der Waals surface area contributed by atoms with Crippen molar-refractivity contribution in [2.24, 2.45) is 0 Å². The van der Waals surface area contributed by atoms with Crippen LogP contribution in [0.5, 0.6) is 5.75 Å². The third-order valence-electron chi connectivity index (χ3n) is 3.79. The summed E-state index contributed by atoms with van der Waals surface area (Å²) in [6, 6.07) is 14.3. The van der Waals surface area contributed by atoms with Crippen LogP contribution in [0.4, 0.5) is 0 Å². The number of fused-ring (bicyclic) bond motifs is 1. The minimum Gasteiger partial charge on any atom is -0.488 e. The maximum Gasteiger partial charge on any atom is 0.123 e. The Balaban J connectivity index is 1.59. The van der Waals surface area contributed by atoms with Crippen molar-refractivity contribution in [3.8, 4) is 5.75 Å². The fourth-order valence-electron chi connectivity index (χ4n) is 2.65. The van der Waals surface area contributed by atoms with E-state index in [1.165, 1.54) is 5.56 Å². The molecule has 1 N–H and O–H groups in total. The van der Waals surface area contributed by atoms with Crippen LogP contribution in [-0.4, -0.2) is 12.6 Å². The molecule has 2 aromatic carbocycles. The normalized spacial score (nSPS) is 18.1. The highest BCUT2D eigenvalue weighted by Crippen LogP contribution is 2.31. The standard InChI is InChI=1S/C17H17BrClNO/c1-11(15-4-2-3-5-16(15)19)20-10-14-9-12-8-13(18)6-7-17(12)21-14/h2-8,11,14,20H,9-10H2,1H3/t11-,14?/m1/s1. The smallest absolute Gasteiger partial charge is 0.123 e. The average Bonchev–Trinajstić information content (AvgIpc) is 2.87. The Morgan fingerprint density at radius 1 is 1.33 bits per heavy atom. The summed E-state index contributed by atoms with van der Waals surface area (Å²) in [4.78, 5) is 0. The predicted molar refractivity (Wildman–Crippen MR) is 90.1 cm³/mol. The van der Waals surface area contributed by atoms with Crippen LogP contribution >= 0.6 is 27.5 Å². The van der Waals surface area contributed by atoms with E-state index in [0.29, 0.717) is 0 Å². The zero-order valence-corrected chi connectivity index (χ0v) is 14.1. The van der Waals surface area contributed by atoms with E-state index >= 15 is 0 Å². The molecule has 1 aliphatic rings. The van der Waals surface area contributed by atoms with Crippen LogP contribution in [0.3, 0.4) is 0 Å². The van der Waals surface area contributed by atoms with Crippen molar-refractivity contribution >= 4 is 27.5 Å². The van der Waals surface area contributed by atoms with Gasteiger partial charge in [-0.15, -0.1) is 0 Å². The van der Waals surface area contributed by atoms with Crippen molar-refractivity contribution in [3.05, 3.63) is 63.1 Å². The maximum absolute atomic E-state index is 6.23. The topological polar surface area (TPSA) is 21.3 Å². The van der Waals surface area contributed by atoms with E-state index in [-0.39, 0.29) is 12.1 Å². The number of rotatable bonds is 4. The van der Waals surface area contributed by atoms with Crippen LogP contribution in [0.2, 0.25) is 5.02 Å². The molecule has 0 aromatic heterocycles. The molecule has 0 radical (unpaired) electrons. The van der Waals surface area contributed by atoms with Crippen molar-refractivity contribution in [3.63, 3.8) is 0 Å². The lowest BCUT2D eigenvalue weighted by molar-refractivity contribution is 0.222. The Labute approximate surface area is 138 Å². The highest BCUT2D eigenvalue weighted by molar-refractivity contribution is 9.10. The second kappa shape index (κ2) is 6.39. The summed E-state index contributed by atoms with van der Waals surface area (Å²) in [7, 11) is 0. The van der Waals surface area contributed by atoms with Gasteiger partial charge in [-0.25, -0.2) is 0 Å². The van der Waals surface area contributed by atoms with Gasteiger partial charge in [0.25, 0.3) is 0 Å². The molecule has 4 heteroatoms. The molecule has 0 fully saturated rings. The highest BCUT2D eigenvalue weighted by Gasteiger charge is 2.23. The Kier molecular flexibility index (Phi) is 4.53. The van der Waals surface area contributed by atoms with Crippen molar-refractivity contribution in [2.45, 2.75) is 25.5 Å². The van der Waals surface area contributed by atoms with Gasteiger partial charge in [-0.1, -0.05) is 45.7 Å². The first-order chi connectivity index (χ1) is 10.1. The quantitative estimate of drug-likeness (QED) is 0.842. The van der Waals surface area contributed by atoms with Crippen molar-refractivity contribution in [1.29, 1.82) is 0 Å². The second-order valence-electron chi connectivity index (χ2n) is 5.35. The van der Waals surface area contributed by atoms with Gasteiger partial charge >= 0.3 is 0 Å². The minimum atomic E-state index is 0.180. The van der Waals surface area contributed by atoms with Crippen LogP contribution in [0, 0.1) is 0 Å². The van der Waals surface area contributed by atoms with E-state index in [0.717, 1.165) is 33.8 Å². The Bertz CT molecular complexity index is 646. The largest absolute Gasteiger partial charge is 0.488 e. The summed E-state index contributed by atoms with van der Waals surface area (Å²) in [6.07, 6.45) is 1.12. The summed E-state index contributed by atoms with van der Waals surface area (Å²) >= 11 is 9.73. The number of nitrogens with one attached hydrogen (secondary N) is 1. The van der Waals surface area contributed by atoms with Gasteiger partial charge in [0.1, 0.15) is 11.9 Å². The molecule has 2 aromatic rings. The first kappa shape index (κ1) is 14.9. The van der Waals surface area contributed by atoms with E-state index in [1.807, 2.05) is 30.3 Å². The fraction of sp³-hybridized carbons (Fsp3) is 0.294. The predicted octanol–water partition coefficient (Wildman–Crippen LogP) is 4.76. The molecule has 21 heavy (non-hydrogen) atoms. The molecular weight excluding hydrogens is 350 g/mol. The molecule has 0 amide bonds. The zero-order chi connectivity index (χ0) is 14.8. The number of halogens is 2. The van der Waals surface area contributed by atoms with Crippen LogP contribution < -0.4 is 10.1 Å². The summed E-state index contributed by atoms with van der Waals surface area (Å²) in [5.74, 6) is 0.996. The van der Waals surface area contributed by atoms with Gasteiger partial charge < -0.3 is 10.1 Å². The van der Waals surface area contributed by atoms with Crippen LogP contribution in [0.1, 0.15) is 24.1 Å². The lowest BCUT2D eigenvalue weighted by atomic mass is 10.1. The van der Waals surface area contributed by atoms with Gasteiger partial charge in [-0.3, -0.25) is 0 Å². The lowest BCUT2D eigenvalue weighted by Gasteiger charge is -2.18. The average molecular weight is 367 g/mol. The van der Waals surface area contributed by atoms with E-state index in [4.69, 9.17) is 16.3 Å². The summed E-state index contributed by atoms with van der Waals surface area (Å²) in [5.41, 5.74) is 2.39. The molecule has 2 atom stereocenters. The molecule has 0 saturated carbocycles. The molecule has 1 unspecified atom stereocenters. The number of hydrogen-bond acceptors (Lipinski definition) is 2. The van der Waals surface area contributed by atoms with Crippen LogP contribution in [-0.2, 0) is 6.42 Å². The molecule has 0 spiro atoms. The van der Waals surface area contributed by atoms with Crippen molar-refractivity contribution in [2.75, 3.05) is 6.54 Å². The molecule has 0 aliphatic carbocycles. The van der Waals surface area contributed by atoms with Gasteiger partial charge in [0.15, 0.2) is 0 Å². The summed E-state index contributed by atoms with van der Waals surface area (Å²) < 4.78 is 7.06. The van der Waals surface area contributed by atoms with Crippen LogP contribution in [0.25, 0.3) is 0 Å². The molecule has 110 valence electrons. The van der Waals surface area contributed by atoms with Gasteiger partial charge in [0.05, 0.1) is 0 Å². The second-order valence-corrected chi connectivity index (χ2v) is 6.67. The molecule has 0 bridgehead atoms. The molecule has 1 heterocycles. The monoisotopic (exact) mass is 365 g/mol. The Morgan fingerprint density at radius 3 is 2.95 bits per heavy atom. The van der Waals surface area contributed by atoms with Crippen LogP contribution in [0.15, 0.2) is 46.9 Å². The minimum absolute atomic E-state index is 0.180. The Morgan fingerprint density at radius 2 is 2.14 bits per heavy atom. The number of hydrogen-bond donors (Lipinski definition) is 1. The molecule has 3 rings (SSSR count). The maximum atomic E-state index is 6.23.